The number of hydrogen-bond acceptors (Lipinski definition) is 6. The van der Waals surface area contributed by atoms with Crippen molar-refractivity contribution in [1.29, 1.82) is 5.26 Å². The minimum absolute atomic E-state index is 0.0127. The van der Waals surface area contributed by atoms with Gasteiger partial charge in [-0.25, -0.2) is 0 Å². The molecule has 0 saturated carbocycles. The molecule has 4 rings (SSSR count). The van der Waals surface area contributed by atoms with Crippen LogP contribution in [0.4, 0.5) is 0 Å². The van der Waals surface area contributed by atoms with Crippen LogP contribution < -0.4 is 4.74 Å². The number of amides is 2. The van der Waals surface area contributed by atoms with E-state index in [1.807, 2.05) is 37.4 Å². The molecule has 2 aromatic rings. The van der Waals surface area contributed by atoms with Crippen LogP contribution in [0, 0.1) is 11.3 Å². The van der Waals surface area contributed by atoms with Crippen molar-refractivity contribution in [3.05, 3.63) is 65.2 Å². The molecule has 2 aromatic carbocycles. The van der Waals surface area contributed by atoms with E-state index in [2.05, 4.69) is 6.07 Å². The quantitative estimate of drug-likeness (QED) is 0.619. The van der Waals surface area contributed by atoms with E-state index in [1.54, 1.807) is 42.2 Å². The van der Waals surface area contributed by atoms with E-state index >= 15 is 0 Å². The summed E-state index contributed by atoms with van der Waals surface area (Å²) in [5.74, 6) is -0.0269. The molecule has 8 nitrogen and oxygen atoms in total. The van der Waals surface area contributed by atoms with Gasteiger partial charge in [-0.2, -0.15) is 5.26 Å². The topological polar surface area (TPSA) is 92.1 Å². The van der Waals surface area contributed by atoms with Crippen LogP contribution in [0.5, 0.6) is 5.75 Å². The van der Waals surface area contributed by atoms with Crippen LogP contribution in [0.2, 0.25) is 0 Å². The summed E-state index contributed by atoms with van der Waals surface area (Å²) in [6.45, 7) is 1.15. The molecule has 196 valence electrons. The lowest BCUT2D eigenvalue weighted by Crippen LogP contribution is -2.44. The minimum Gasteiger partial charge on any atom is -0.490 e. The van der Waals surface area contributed by atoms with Crippen LogP contribution in [0.25, 0.3) is 0 Å². The summed E-state index contributed by atoms with van der Waals surface area (Å²) in [6.07, 6.45) is 2.23. The maximum absolute atomic E-state index is 13.6. The molecular formula is C29H35N3O5. The van der Waals surface area contributed by atoms with Crippen LogP contribution in [0.15, 0.2) is 48.5 Å². The van der Waals surface area contributed by atoms with E-state index in [4.69, 9.17) is 14.2 Å². The first-order valence-corrected chi connectivity index (χ1v) is 12.8. The average Bonchev–Trinajstić information content (AvgIpc) is 2.93. The van der Waals surface area contributed by atoms with E-state index in [-0.39, 0.29) is 49.1 Å². The third kappa shape index (κ3) is 6.48. The molecule has 0 unspecified atom stereocenters. The number of likely N-dealkylation sites (N-methyl/N-ethyl adjacent to an activating group) is 1. The van der Waals surface area contributed by atoms with Crippen LogP contribution in [-0.2, 0) is 14.3 Å². The summed E-state index contributed by atoms with van der Waals surface area (Å²) in [5.41, 5.74) is 1.68. The molecule has 37 heavy (non-hydrogen) atoms. The number of hydrogen-bond donors (Lipinski definition) is 0. The molecule has 2 heterocycles. The highest BCUT2D eigenvalue weighted by atomic mass is 16.6. The van der Waals surface area contributed by atoms with Gasteiger partial charge in [0, 0.05) is 46.6 Å². The van der Waals surface area contributed by atoms with Gasteiger partial charge in [0.1, 0.15) is 18.5 Å². The van der Waals surface area contributed by atoms with Crippen molar-refractivity contribution in [2.24, 2.45) is 0 Å². The lowest BCUT2D eigenvalue weighted by Gasteiger charge is -2.36. The number of ether oxygens (including phenoxy) is 3. The number of rotatable bonds is 2. The summed E-state index contributed by atoms with van der Waals surface area (Å²) in [4.78, 5) is 30.2. The first kappa shape index (κ1) is 26.6. The van der Waals surface area contributed by atoms with E-state index in [0.29, 0.717) is 30.0 Å². The summed E-state index contributed by atoms with van der Waals surface area (Å²) >= 11 is 0. The predicted octanol–water partition coefficient (Wildman–Crippen LogP) is 3.61. The molecule has 0 N–H and O–H groups in total. The average molecular weight is 506 g/mol. The highest BCUT2D eigenvalue weighted by Gasteiger charge is 2.33. The maximum atomic E-state index is 13.6. The Kier molecular flexibility index (Phi) is 8.80. The third-order valence-electron chi connectivity index (χ3n) is 7.35. The molecular weight excluding hydrogens is 470 g/mol. The Bertz CT molecular complexity index is 1130. The number of nitrogens with zero attached hydrogens (tertiary/aromatic N) is 3. The van der Waals surface area contributed by atoms with Gasteiger partial charge in [0.15, 0.2) is 0 Å². The Balaban J connectivity index is 1.68. The Labute approximate surface area is 218 Å². The second kappa shape index (κ2) is 12.2. The molecule has 8 heteroatoms. The van der Waals surface area contributed by atoms with Gasteiger partial charge in [-0.05, 0) is 43.0 Å². The largest absolute Gasteiger partial charge is 0.490 e. The number of methoxy groups -OCH3 is 1. The van der Waals surface area contributed by atoms with Gasteiger partial charge < -0.3 is 24.0 Å². The van der Waals surface area contributed by atoms with E-state index in [9.17, 15) is 14.9 Å². The zero-order valence-corrected chi connectivity index (χ0v) is 21.8. The first-order valence-electron chi connectivity index (χ1n) is 12.8. The zero-order chi connectivity index (χ0) is 26.4. The Morgan fingerprint density at radius 1 is 1.03 bits per heavy atom. The van der Waals surface area contributed by atoms with Crippen molar-refractivity contribution >= 4 is 11.8 Å². The summed E-state index contributed by atoms with van der Waals surface area (Å²) < 4.78 is 18.1. The maximum Gasteiger partial charge on any atom is 0.257 e. The van der Waals surface area contributed by atoms with Crippen LogP contribution >= 0.6 is 0 Å². The fraction of sp³-hybridized carbons (Fsp3) is 0.483. The lowest BCUT2D eigenvalue weighted by atomic mass is 9.94. The van der Waals surface area contributed by atoms with Gasteiger partial charge >= 0.3 is 0 Å². The van der Waals surface area contributed by atoms with Crippen molar-refractivity contribution < 1.29 is 23.8 Å². The fourth-order valence-corrected chi connectivity index (χ4v) is 5.09. The Hall–Kier alpha value is -3.41. The highest BCUT2D eigenvalue weighted by molar-refractivity contribution is 5.97. The number of benzene rings is 2. The molecule has 1 saturated heterocycles. The number of carbonyl (C=O) groups is 2. The second-order valence-corrected chi connectivity index (χ2v) is 9.88. The molecule has 2 bridgehead atoms. The summed E-state index contributed by atoms with van der Waals surface area (Å²) in [6, 6.07) is 16.8. The van der Waals surface area contributed by atoms with Crippen LogP contribution in [-0.4, -0.2) is 80.8 Å². The van der Waals surface area contributed by atoms with Gasteiger partial charge in [0.25, 0.3) is 5.91 Å². The standard InChI is InChI=1S/C29H35N3O5/c1-31-14-13-23-10-12-26(35-3)27(37-23)19-36-25-11-9-20(17-30)15-24(25)29(34)32(2)18-22(16-28(31)33)21-7-5-4-6-8-21/h4-9,11,15,22-23,26-27H,10,12-14,16,18-19H2,1-3H3/t22-,23-,26-,27-/m1/s1. The van der Waals surface area contributed by atoms with E-state index in [0.717, 1.165) is 24.8 Å². The van der Waals surface area contributed by atoms with Gasteiger partial charge in [0.05, 0.1) is 29.4 Å². The predicted molar refractivity (Wildman–Crippen MR) is 138 cm³/mol. The van der Waals surface area contributed by atoms with Gasteiger partial charge in [0.2, 0.25) is 5.91 Å². The molecule has 0 aromatic heterocycles. The van der Waals surface area contributed by atoms with Gasteiger partial charge in [-0.3, -0.25) is 9.59 Å². The smallest absolute Gasteiger partial charge is 0.257 e. The Morgan fingerprint density at radius 3 is 2.54 bits per heavy atom. The van der Waals surface area contributed by atoms with Crippen LogP contribution in [0.1, 0.15) is 53.1 Å². The Morgan fingerprint density at radius 2 is 1.81 bits per heavy atom. The minimum atomic E-state index is -0.309. The van der Waals surface area contributed by atoms with Crippen molar-refractivity contribution in [2.75, 3.05) is 40.9 Å². The monoisotopic (exact) mass is 505 g/mol. The molecule has 0 radical (unpaired) electrons. The third-order valence-corrected chi connectivity index (χ3v) is 7.35. The van der Waals surface area contributed by atoms with Gasteiger partial charge in [-0.1, -0.05) is 30.3 Å². The highest BCUT2D eigenvalue weighted by Crippen LogP contribution is 2.29. The lowest BCUT2D eigenvalue weighted by molar-refractivity contribution is -0.145. The van der Waals surface area contributed by atoms with Crippen molar-refractivity contribution in [1.82, 2.24) is 9.80 Å². The molecule has 2 amide bonds. The normalized spacial score (nSPS) is 25.7. The van der Waals surface area contributed by atoms with E-state index < -0.39 is 0 Å². The SMILES string of the molecule is CO[C@@H]1CC[C@@H]2CCN(C)C(=O)C[C@@H](c3ccccc3)CN(C)C(=O)c3cc(C#N)ccc3OC[C@H]1O2. The molecule has 0 spiro atoms. The van der Waals surface area contributed by atoms with Crippen molar-refractivity contribution in [3.63, 3.8) is 0 Å². The summed E-state index contributed by atoms with van der Waals surface area (Å²) in [7, 11) is 5.20. The van der Waals surface area contributed by atoms with Gasteiger partial charge in [-0.15, -0.1) is 0 Å². The zero-order valence-electron chi connectivity index (χ0n) is 21.8. The molecule has 0 aliphatic carbocycles. The van der Waals surface area contributed by atoms with Crippen LogP contribution in [0.3, 0.4) is 0 Å². The number of carbonyl (C=O) groups excluding carboxylic acids is 2. The molecule has 1 fully saturated rings. The van der Waals surface area contributed by atoms with Crippen molar-refractivity contribution in [3.8, 4) is 11.8 Å². The number of nitriles is 1. The number of fused-ring (bicyclic) bond motifs is 3. The molecule has 4 atom stereocenters. The fourth-order valence-electron chi connectivity index (χ4n) is 5.09. The first-order chi connectivity index (χ1) is 17.9. The van der Waals surface area contributed by atoms with E-state index in [1.165, 1.54) is 0 Å². The summed E-state index contributed by atoms with van der Waals surface area (Å²) in [5, 5.41) is 9.46. The molecule has 2 aliphatic heterocycles. The van der Waals surface area contributed by atoms with Crippen molar-refractivity contribution in [2.45, 2.75) is 49.9 Å². The second-order valence-electron chi connectivity index (χ2n) is 9.88. The molecule has 2 aliphatic rings.